The van der Waals surface area contributed by atoms with E-state index in [2.05, 4.69) is 32.9 Å². The molecule has 6 rings (SSSR count). The van der Waals surface area contributed by atoms with Crippen molar-refractivity contribution in [1.82, 2.24) is 0 Å². The number of carbonyl (C=O) groups excluding carboxylic acids is 2. The number of fused-ring (bicyclic) bond motifs is 3. The maximum Gasteiger partial charge on any atom is 0.200 e. The first-order valence-corrected chi connectivity index (χ1v) is 14.8. The molecule has 1 saturated carbocycles. The van der Waals surface area contributed by atoms with E-state index < -0.39 is 34.2 Å². The predicted octanol–water partition coefficient (Wildman–Crippen LogP) is 7.08. The summed E-state index contributed by atoms with van der Waals surface area (Å²) in [5.74, 6) is -0.467. The molecule has 2 fully saturated rings. The van der Waals surface area contributed by atoms with Crippen molar-refractivity contribution < 1.29 is 28.9 Å². The van der Waals surface area contributed by atoms with Gasteiger partial charge in [0.25, 0.3) is 0 Å². The van der Waals surface area contributed by atoms with Crippen LogP contribution in [-0.2, 0) is 16.0 Å². The molecule has 0 radical (unpaired) electrons. The summed E-state index contributed by atoms with van der Waals surface area (Å²) in [5.41, 5.74) is 0.895. The van der Waals surface area contributed by atoms with Crippen molar-refractivity contribution in [3.05, 3.63) is 57.7 Å². The van der Waals surface area contributed by atoms with Crippen molar-refractivity contribution in [1.29, 1.82) is 0 Å². The van der Waals surface area contributed by atoms with Gasteiger partial charge in [0.05, 0.1) is 17.1 Å². The van der Waals surface area contributed by atoms with Crippen molar-refractivity contribution in [3.8, 4) is 17.2 Å². The highest BCUT2D eigenvalue weighted by molar-refractivity contribution is 6.18. The maximum absolute atomic E-state index is 14.7. The number of ether oxygens (including phenoxy) is 3. The summed E-state index contributed by atoms with van der Waals surface area (Å²) in [6, 6.07) is 0. The molecule has 2 bridgehead atoms. The number of benzene rings is 1. The maximum atomic E-state index is 14.7. The number of phenols is 1. The summed E-state index contributed by atoms with van der Waals surface area (Å²) in [4.78, 5) is 28.8. The smallest absolute Gasteiger partial charge is 0.200 e. The number of ketones is 2. The van der Waals surface area contributed by atoms with Crippen LogP contribution in [0.25, 0.3) is 6.08 Å². The Bertz CT molecular complexity index is 1510. The second kappa shape index (κ2) is 8.70. The van der Waals surface area contributed by atoms with Crippen molar-refractivity contribution in [2.24, 2.45) is 17.3 Å². The van der Waals surface area contributed by atoms with Gasteiger partial charge in [-0.25, -0.2) is 0 Å². The summed E-state index contributed by atoms with van der Waals surface area (Å²) in [7, 11) is 0. The summed E-state index contributed by atoms with van der Waals surface area (Å²) >= 11 is 0. The highest BCUT2D eigenvalue weighted by Crippen LogP contribution is 2.68. The molecule has 6 nitrogen and oxygen atoms in total. The predicted molar refractivity (Wildman–Crippen MR) is 158 cm³/mol. The minimum absolute atomic E-state index is 0.111. The third kappa shape index (κ3) is 3.72. The van der Waals surface area contributed by atoms with Gasteiger partial charge in [-0.2, -0.15) is 0 Å². The Morgan fingerprint density at radius 3 is 2.34 bits per heavy atom. The molecular weight excluding hydrogens is 516 g/mol. The number of aromatic hydroxyl groups is 1. The van der Waals surface area contributed by atoms with Crippen LogP contribution in [-0.4, -0.2) is 39.6 Å². The molecule has 1 spiro atoms. The first kappa shape index (κ1) is 28.0. The van der Waals surface area contributed by atoms with Gasteiger partial charge in [-0.05, 0) is 86.8 Å². The summed E-state index contributed by atoms with van der Waals surface area (Å²) in [6.07, 6.45) is 10.7. The Morgan fingerprint density at radius 2 is 1.68 bits per heavy atom. The summed E-state index contributed by atoms with van der Waals surface area (Å²) < 4.78 is 20.6. The fourth-order valence-electron chi connectivity index (χ4n) is 7.78. The normalized spacial score (nSPS) is 33.0. The van der Waals surface area contributed by atoms with Crippen LogP contribution in [0.5, 0.6) is 17.2 Å². The molecule has 1 aromatic rings. The van der Waals surface area contributed by atoms with E-state index in [0.717, 1.165) is 11.1 Å². The highest BCUT2D eigenvalue weighted by Gasteiger charge is 2.76. The highest BCUT2D eigenvalue weighted by atomic mass is 16.6. The number of carbonyl (C=O) groups is 2. The molecule has 0 aromatic heterocycles. The van der Waals surface area contributed by atoms with Crippen molar-refractivity contribution in [2.75, 3.05) is 0 Å². The Morgan fingerprint density at radius 1 is 1.00 bits per heavy atom. The van der Waals surface area contributed by atoms with Crippen LogP contribution in [0, 0.1) is 17.3 Å². The van der Waals surface area contributed by atoms with Gasteiger partial charge < -0.3 is 19.3 Å². The third-order valence-electron chi connectivity index (χ3n) is 10.2. The third-order valence-corrected chi connectivity index (χ3v) is 10.2. The average molecular weight is 559 g/mol. The summed E-state index contributed by atoms with van der Waals surface area (Å²) in [6.45, 7) is 18.2. The van der Waals surface area contributed by atoms with Crippen LogP contribution >= 0.6 is 0 Å². The Balaban J connectivity index is 1.67. The molecule has 5 atom stereocenters. The fourth-order valence-corrected chi connectivity index (χ4v) is 7.78. The van der Waals surface area contributed by atoms with Crippen LogP contribution in [0.4, 0.5) is 0 Å². The lowest BCUT2D eigenvalue weighted by Crippen LogP contribution is -2.72. The SMILES string of the molecule is CC(C)=CCc1c2c(c(O)c3c1O[C@]14C(=CC5C[C@](C)([C@H]1C5=O)C(C)(C)O[C@@H]4CC=C(C)C)C3=O)C=CC(C)(C)O2. The van der Waals surface area contributed by atoms with E-state index in [0.29, 0.717) is 47.5 Å². The lowest BCUT2D eigenvalue weighted by molar-refractivity contribution is -0.261. The largest absolute Gasteiger partial charge is 0.506 e. The van der Waals surface area contributed by atoms with E-state index in [-0.39, 0.29) is 28.8 Å². The van der Waals surface area contributed by atoms with Gasteiger partial charge in [0.1, 0.15) is 40.3 Å². The molecule has 5 aliphatic rings. The monoisotopic (exact) mass is 558 g/mol. The van der Waals surface area contributed by atoms with E-state index in [9.17, 15) is 14.7 Å². The Hall–Kier alpha value is -3.12. The van der Waals surface area contributed by atoms with Crippen LogP contribution in [0.2, 0.25) is 0 Å². The Kier molecular flexibility index (Phi) is 5.94. The van der Waals surface area contributed by atoms with Gasteiger partial charge in [0.15, 0.2) is 11.4 Å². The molecule has 3 aliphatic heterocycles. The molecule has 6 heteroatoms. The topological polar surface area (TPSA) is 82.1 Å². The van der Waals surface area contributed by atoms with Gasteiger partial charge in [-0.3, -0.25) is 9.59 Å². The first-order chi connectivity index (χ1) is 19.0. The van der Waals surface area contributed by atoms with Gasteiger partial charge in [-0.1, -0.05) is 36.3 Å². The number of allylic oxidation sites excluding steroid dienone is 4. The van der Waals surface area contributed by atoms with E-state index in [1.807, 2.05) is 59.8 Å². The van der Waals surface area contributed by atoms with Crippen LogP contribution in [0.1, 0.15) is 96.6 Å². The molecule has 1 N–H and O–H groups in total. The zero-order valence-electron chi connectivity index (χ0n) is 25.7. The molecule has 1 saturated heterocycles. The quantitative estimate of drug-likeness (QED) is 0.398. The van der Waals surface area contributed by atoms with Gasteiger partial charge in [0, 0.05) is 22.5 Å². The molecule has 1 unspecified atom stereocenters. The van der Waals surface area contributed by atoms with Crippen LogP contribution < -0.4 is 9.47 Å². The zero-order chi connectivity index (χ0) is 29.9. The molecule has 2 aliphatic carbocycles. The van der Waals surface area contributed by atoms with Crippen LogP contribution in [0.3, 0.4) is 0 Å². The summed E-state index contributed by atoms with van der Waals surface area (Å²) in [5, 5.41) is 11.6. The van der Waals surface area contributed by atoms with Gasteiger partial charge in [-0.15, -0.1) is 0 Å². The lowest BCUT2D eigenvalue weighted by atomic mass is 9.55. The average Bonchev–Trinajstić information content (AvgIpc) is 3.06. The fraction of sp³-hybridized carbons (Fsp3) is 0.543. The molecule has 218 valence electrons. The van der Waals surface area contributed by atoms with E-state index in [4.69, 9.17) is 14.2 Å². The number of phenolic OH excluding ortho intramolecular Hbond substituents is 1. The van der Waals surface area contributed by atoms with Gasteiger partial charge >= 0.3 is 0 Å². The van der Waals surface area contributed by atoms with E-state index in [1.54, 1.807) is 0 Å². The van der Waals surface area contributed by atoms with Crippen molar-refractivity contribution in [2.45, 2.75) is 104 Å². The second-order valence-corrected chi connectivity index (χ2v) is 14.3. The van der Waals surface area contributed by atoms with E-state index in [1.165, 1.54) is 0 Å². The molecule has 1 aromatic carbocycles. The number of rotatable bonds is 4. The standard InChI is InChI=1S/C35H42O6/c1-18(2)10-12-22-29-21(14-15-32(5,6)40-29)27(37)25-28(38)23-16-20-17-34(9)31(26(20)36)35(23,41-30(22)25)24(13-11-19(3)4)39-33(34,7)8/h10-11,14-16,20,24,31,37H,12-13,17H2,1-9H3/t20?,24-,31-,34-,35+/m1/s1. The zero-order valence-corrected chi connectivity index (χ0v) is 25.7. The second-order valence-electron chi connectivity index (χ2n) is 14.3. The Labute approximate surface area is 243 Å². The number of hydrogen-bond donors (Lipinski definition) is 1. The molecule has 41 heavy (non-hydrogen) atoms. The minimum atomic E-state index is -1.31. The minimum Gasteiger partial charge on any atom is -0.506 e. The number of Topliss-reactive ketones (excluding diaryl/α,β-unsaturated/α-hetero) is 2. The molecule has 0 amide bonds. The molecular formula is C35H42O6. The first-order valence-electron chi connectivity index (χ1n) is 14.8. The van der Waals surface area contributed by atoms with Crippen molar-refractivity contribution in [3.63, 3.8) is 0 Å². The molecule has 3 heterocycles. The van der Waals surface area contributed by atoms with Crippen LogP contribution in [0.15, 0.2) is 41.0 Å². The van der Waals surface area contributed by atoms with E-state index >= 15 is 0 Å². The number of hydrogen-bond acceptors (Lipinski definition) is 6. The van der Waals surface area contributed by atoms with Gasteiger partial charge in [0.2, 0.25) is 0 Å². The lowest BCUT2D eigenvalue weighted by Gasteiger charge is -2.61. The van der Waals surface area contributed by atoms with Crippen molar-refractivity contribution >= 4 is 17.6 Å².